The van der Waals surface area contributed by atoms with E-state index in [0.717, 1.165) is 24.2 Å². The van der Waals surface area contributed by atoms with Crippen molar-refractivity contribution in [3.63, 3.8) is 0 Å². The number of likely N-dealkylation sites (tertiary alicyclic amines) is 1. The number of amides is 2. The zero-order valence-electron chi connectivity index (χ0n) is 16.8. The lowest BCUT2D eigenvalue weighted by Crippen LogP contribution is -2.40. The third-order valence-corrected chi connectivity index (χ3v) is 4.92. The molecular formula is C21H27N5O3. The predicted octanol–water partition coefficient (Wildman–Crippen LogP) is 2.37. The minimum absolute atomic E-state index is 0.0596. The van der Waals surface area contributed by atoms with E-state index in [0.29, 0.717) is 18.8 Å². The first-order valence-corrected chi connectivity index (χ1v) is 9.68. The molecule has 1 unspecified atom stereocenters. The molecule has 1 aromatic carbocycles. The lowest BCUT2D eigenvalue weighted by atomic mass is 10.1. The Morgan fingerprint density at radius 3 is 2.59 bits per heavy atom. The molecule has 1 aliphatic heterocycles. The van der Waals surface area contributed by atoms with Crippen LogP contribution in [0.2, 0.25) is 0 Å². The number of piperidine rings is 1. The third-order valence-electron chi connectivity index (χ3n) is 4.92. The summed E-state index contributed by atoms with van der Waals surface area (Å²) >= 11 is 0. The van der Waals surface area contributed by atoms with Gasteiger partial charge in [0.25, 0.3) is 5.91 Å². The molecule has 0 bridgehead atoms. The van der Waals surface area contributed by atoms with E-state index in [4.69, 9.17) is 16.2 Å². The van der Waals surface area contributed by atoms with Gasteiger partial charge >= 0.3 is 0 Å². The molecule has 0 spiro atoms. The number of anilines is 1. The van der Waals surface area contributed by atoms with Crippen molar-refractivity contribution >= 4 is 17.6 Å². The molecule has 2 heterocycles. The van der Waals surface area contributed by atoms with Gasteiger partial charge in [-0.2, -0.15) is 5.10 Å². The lowest BCUT2D eigenvalue weighted by molar-refractivity contribution is -0.127. The van der Waals surface area contributed by atoms with Gasteiger partial charge in [-0.1, -0.05) is 6.58 Å². The summed E-state index contributed by atoms with van der Waals surface area (Å²) in [6.07, 6.45) is 2.97. The summed E-state index contributed by atoms with van der Waals surface area (Å²) in [5.41, 5.74) is 13.2. The van der Waals surface area contributed by atoms with E-state index in [1.54, 1.807) is 9.58 Å². The van der Waals surface area contributed by atoms with Gasteiger partial charge in [0.1, 0.15) is 22.8 Å². The quantitative estimate of drug-likeness (QED) is 0.726. The molecule has 2 aromatic rings. The number of hydrogen-bond acceptors (Lipinski definition) is 5. The number of aromatic nitrogens is 2. The van der Waals surface area contributed by atoms with Gasteiger partial charge < -0.3 is 21.1 Å². The molecule has 4 N–H and O–H groups in total. The van der Waals surface area contributed by atoms with E-state index in [1.807, 2.05) is 38.1 Å². The van der Waals surface area contributed by atoms with Crippen molar-refractivity contribution < 1.29 is 14.3 Å². The van der Waals surface area contributed by atoms with Crippen LogP contribution in [-0.2, 0) is 4.79 Å². The molecule has 3 rings (SSSR count). The van der Waals surface area contributed by atoms with Gasteiger partial charge in [0.2, 0.25) is 5.91 Å². The van der Waals surface area contributed by atoms with Gasteiger partial charge in [0.15, 0.2) is 0 Å². The standard InChI is InChI=1S/C21H27N5O3/c1-4-17(27)25-11-5-6-15(12-25)26-20(22)18(21(23)28)19(24-26)14-7-9-16(10-8-14)29-13(2)3/h4,7-10,13,15H,1,5-6,11-12,22H2,2-3H3,(H2,23,28). The van der Waals surface area contributed by atoms with Gasteiger partial charge in [0.05, 0.1) is 12.1 Å². The van der Waals surface area contributed by atoms with Crippen molar-refractivity contribution in [2.24, 2.45) is 5.73 Å². The number of nitrogen functional groups attached to an aromatic ring is 1. The Morgan fingerprint density at radius 1 is 1.31 bits per heavy atom. The van der Waals surface area contributed by atoms with E-state index in [1.165, 1.54) is 6.08 Å². The van der Waals surface area contributed by atoms with E-state index in [9.17, 15) is 9.59 Å². The smallest absolute Gasteiger partial charge is 0.254 e. The summed E-state index contributed by atoms with van der Waals surface area (Å²) in [6.45, 7) is 8.56. The summed E-state index contributed by atoms with van der Waals surface area (Å²) in [4.78, 5) is 25.8. The SMILES string of the molecule is C=CC(=O)N1CCCC(n2nc(-c3ccc(OC(C)C)cc3)c(C(N)=O)c2N)C1. The summed E-state index contributed by atoms with van der Waals surface area (Å²) in [5.74, 6) is 0.174. The second kappa shape index (κ2) is 8.38. The highest BCUT2D eigenvalue weighted by Crippen LogP contribution is 2.32. The van der Waals surface area contributed by atoms with E-state index >= 15 is 0 Å². The second-order valence-corrected chi connectivity index (χ2v) is 7.39. The molecule has 8 heteroatoms. The van der Waals surface area contributed by atoms with E-state index < -0.39 is 5.91 Å². The molecule has 1 atom stereocenters. The molecule has 1 saturated heterocycles. The number of rotatable bonds is 6. The highest BCUT2D eigenvalue weighted by atomic mass is 16.5. The normalized spacial score (nSPS) is 16.7. The number of nitrogens with zero attached hydrogens (tertiary/aromatic N) is 3. The summed E-state index contributed by atoms with van der Waals surface area (Å²) < 4.78 is 7.29. The van der Waals surface area contributed by atoms with Gasteiger partial charge in [-0.25, -0.2) is 4.68 Å². The molecule has 154 valence electrons. The van der Waals surface area contributed by atoms with E-state index in [-0.39, 0.29) is 29.4 Å². The van der Waals surface area contributed by atoms with E-state index in [2.05, 4.69) is 11.7 Å². The van der Waals surface area contributed by atoms with Gasteiger partial charge in [-0.05, 0) is 57.0 Å². The first-order chi connectivity index (χ1) is 13.8. The molecule has 8 nitrogen and oxygen atoms in total. The first-order valence-electron chi connectivity index (χ1n) is 9.68. The number of ether oxygens (including phenoxy) is 1. The molecule has 0 aliphatic carbocycles. The summed E-state index contributed by atoms with van der Waals surface area (Å²) in [7, 11) is 0. The molecular weight excluding hydrogens is 370 g/mol. The minimum Gasteiger partial charge on any atom is -0.491 e. The topological polar surface area (TPSA) is 116 Å². The summed E-state index contributed by atoms with van der Waals surface area (Å²) in [5, 5.41) is 4.62. The maximum atomic E-state index is 12.1. The molecule has 0 saturated carbocycles. The van der Waals surface area contributed by atoms with Crippen molar-refractivity contribution in [2.45, 2.75) is 38.8 Å². The average Bonchev–Trinajstić information content (AvgIpc) is 3.05. The Labute approximate surface area is 170 Å². The number of carbonyl (C=O) groups is 2. The number of benzene rings is 1. The monoisotopic (exact) mass is 397 g/mol. The molecule has 1 aliphatic rings. The third kappa shape index (κ3) is 4.26. The molecule has 29 heavy (non-hydrogen) atoms. The van der Waals surface area contributed by atoms with Crippen molar-refractivity contribution in [1.82, 2.24) is 14.7 Å². The van der Waals surface area contributed by atoms with Crippen molar-refractivity contribution in [3.05, 3.63) is 42.5 Å². The number of carbonyl (C=O) groups excluding carboxylic acids is 2. The van der Waals surface area contributed by atoms with Crippen LogP contribution in [0.1, 0.15) is 43.1 Å². The fourth-order valence-corrected chi connectivity index (χ4v) is 3.62. The number of nitrogens with two attached hydrogens (primary N) is 2. The molecule has 1 fully saturated rings. The minimum atomic E-state index is -0.638. The Bertz CT molecular complexity index is 917. The maximum absolute atomic E-state index is 12.1. The van der Waals surface area contributed by atoms with Gasteiger partial charge in [-0.15, -0.1) is 0 Å². The van der Waals surface area contributed by atoms with Crippen molar-refractivity contribution in [3.8, 4) is 17.0 Å². The van der Waals surface area contributed by atoms with Crippen molar-refractivity contribution in [2.75, 3.05) is 18.8 Å². The van der Waals surface area contributed by atoms with Crippen LogP contribution in [0.25, 0.3) is 11.3 Å². The zero-order chi connectivity index (χ0) is 21.1. The van der Waals surface area contributed by atoms with Crippen LogP contribution in [0.5, 0.6) is 5.75 Å². The Hall–Kier alpha value is -3.29. The largest absolute Gasteiger partial charge is 0.491 e. The fourth-order valence-electron chi connectivity index (χ4n) is 3.62. The highest BCUT2D eigenvalue weighted by molar-refractivity contribution is 6.03. The van der Waals surface area contributed by atoms with Crippen LogP contribution < -0.4 is 16.2 Å². The summed E-state index contributed by atoms with van der Waals surface area (Å²) in [6, 6.07) is 7.15. The highest BCUT2D eigenvalue weighted by Gasteiger charge is 2.29. The number of hydrogen-bond donors (Lipinski definition) is 2. The molecule has 0 radical (unpaired) electrons. The maximum Gasteiger partial charge on any atom is 0.254 e. The van der Waals surface area contributed by atoms with Gasteiger partial charge in [-0.3, -0.25) is 9.59 Å². The van der Waals surface area contributed by atoms with Crippen LogP contribution in [-0.4, -0.2) is 45.7 Å². The Kier molecular flexibility index (Phi) is 5.91. The molecule has 1 aromatic heterocycles. The first kappa shape index (κ1) is 20.4. The van der Waals surface area contributed by atoms with Crippen LogP contribution in [0, 0.1) is 0 Å². The van der Waals surface area contributed by atoms with Crippen LogP contribution in [0.3, 0.4) is 0 Å². The predicted molar refractivity (Wildman–Crippen MR) is 111 cm³/mol. The van der Waals surface area contributed by atoms with Crippen LogP contribution in [0.4, 0.5) is 5.82 Å². The Morgan fingerprint density at radius 2 is 2.00 bits per heavy atom. The number of primary amides is 1. The zero-order valence-corrected chi connectivity index (χ0v) is 16.8. The Balaban J connectivity index is 1.96. The van der Waals surface area contributed by atoms with Crippen molar-refractivity contribution in [1.29, 1.82) is 0 Å². The molecule has 2 amide bonds. The van der Waals surface area contributed by atoms with Crippen LogP contribution >= 0.6 is 0 Å². The lowest BCUT2D eigenvalue weighted by Gasteiger charge is -2.32. The van der Waals surface area contributed by atoms with Gasteiger partial charge in [0, 0.05) is 18.7 Å². The fraction of sp³-hybridized carbons (Fsp3) is 0.381. The van der Waals surface area contributed by atoms with Crippen LogP contribution in [0.15, 0.2) is 36.9 Å². The average molecular weight is 397 g/mol. The second-order valence-electron chi connectivity index (χ2n) is 7.39.